The summed E-state index contributed by atoms with van der Waals surface area (Å²) in [4.78, 5) is 16.1. The van der Waals surface area contributed by atoms with E-state index < -0.39 is 5.60 Å². The molecule has 2 rings (SSSR count). The molecule has 1 saturated carbocycles. The van der Waals surface area contributed by atoms with Gasteiger partial charge in [-0.3, -0.25) is 9.78 Å². The molecule has 0 aromatic carbocycles. The quantitative estimate of drug-likeness (QED) is 0.876. The third-order valence-corrected chi connectivity index (χ3v) is 3.94. The Morgan fingerprint density at radius 3 is 2.84 bits per heavy atom. The molecule has 0 spiro atoms. The van der Waals surface area contributed by atoms with Crippen LogP contribution >= 0.6 is 0 Å². The minimum atomic E-state index is -0.732. The highest BCUT2D eigenvalue weighted by Crippen LogP contribution is 2.31. The Labute approximate surface area is 114 Å². The van der Waals surface area contributed by atoms with E-state index in [0.717, 1.165) is 31.4 Å². The maximum absolute atomic E-state index is 12.0. The van der Waals surface area contributed by atoms with Crippen molar-refractivity contribution < 1.29 is 9.90 Å². The number of hydrogen-bond donors (Lipinski definition) is 2. The maximum Gasteiger partial charge on any atom is 0.251 e. The Bertz CT molecular complexity index is 451. The van der Waals surface area contributed by atoms with Crippen LogP contribution in [0.15, 0.2) is 18.3 Å². The second-order valence-corrected chi connectivity index (χ2v) is 5.78. The van der Waals surface area contributed by atoms with Crippen LogP contribution in [-0.4, -0.2) is 28.1 Å². The normalized spacial score (nSPS) is 27.0. The Morgan fingerprint density at radius 1 is 1.53 bits per heavy atom. The molecule has 4 nitrogen and oxygen atoms in total. The average molecular weight is 262 g/mol. The topological polar surface area (TPSA) is 62.2 Å². The predicted octanol–water partition coefficient (Wildman–Crippen LogP) is 2.06. The van der Waals surface area contributed by atoms with Crippen LogP contribution in [0.5, 0.6) is 0 Å². The van der Waals surface area contributed by atoms with Gasteiger partial charge in [-0.25, -0.2) is 0 Å². The predicted molar refractivity (Wildman–Crippen MR) is 73.9 cm³/mol. The number of hydrogen-bond acceptors (Lipinski definition) is 3. The lowest BCUT2D eigenvalue weighted by Crippen LogP contribution is -2.45. The van der Waals surface area contributed by atoms with Gasteiger partial charge in [-0.1, -0.05) is 6.92 Å². The molecule has 1 aromatic rings. The molecule has 0 bridgehead atoms. The van der Waals surface area contributed by atoms with Crippen molar-refractivity contribution in [3.63, 3.8) is 0 Å². The van der Waals surface area contributed by atoms with Crippen LogP contribution in [0, 0.1) is 12.8 Å². The van der Waals surface area contributed by atoms with E-state index in [1.54, 1.807) is 18.3 Å². The molecule has 1 aliphatic carbocycles. The van der Waals surface area contributed by atoms with E-state index in [9.17, 15) is 9.90 Å². The molecule has 0 radical (unpaired) electrons. The van der Waals surface area contributed by atoms with Crippen molar-refractivity contribution in [1.82, 2.24) is 10.3 Å². The molecule has 0 atom stereocenters. The van der Waals surface area contributed by atoms with E-state index in [2.05, 4.69) is 17.2 Å². The molecule has 19 heavy (non-hydrogen) atoms. The fraction of sp³-hybridized carbons (Fsp3) is 0.600. The van der Waals surface area contributed by atoms with Gasteiger partial charge in [0.15, 0.2) is 0 Å². The summed E-state index contributed by atoms with van der Waals surface area (Å²) in [7, 11) is 0. The zero-order valence-electron chi connectivity index (χ0n) is 11.6. The van der Waals surface area contributed by atoms with Gasteiger partial charge in [-0.2, -0.15) is 0 Å². The van der Waals surface area contributed by atoms with Crippen LogP contribution in [0.25, 0.3) is 0 Å². The number of amides is 1. The lowest BCUT2D eigenvalue weighted by Gasteiger charge is -2.34. The van der Waals surface area contributed by atoms with Gasteiger partial charge in [-0.15, -0.1) is 0 Å². The molecule has 0 aliphatic heterocycles. The number of aryl methyl sites for hydroxylation is 1. The van der Waals surface area contributed by atoms with E-state index in [4.69, 9.17) is 0 Å². The van der Waals surface area contributed by atoms with E-state index in [1.165, 1.54) is 0 Å². The summed E-state index contributed by atoms with van der Waals surface area (Å²) in [6, 6.07) is 3.44. The third kappa shape index (κ3) is 3.77. The van der Waals surface area contributed by atoms with Crippen LogP contribution in [-0.2, 0) is 0 Å². The van der Waals surface area contributed by atoms with Crippen LogP contribution in [0.4, 0.5) is 0 Å². The first-order valence-corrected chi connectivity index (χ1v) is 6.92. The van der Waals surface area contributed by atoms with Gasteiger partial charge in [0.05, 0.1) is 5.60 Å². The van der Waals surface area contributed by atoms with Crippen molar-refractivity contribution >= 4 is 5.91 Å². The first kappa shape index (κ1) is 14.0. The van der Waals surface area contributed by atoms with Gasteiger partial charge in [0.1, 0.15) is 0 Å². The Balaban J connectivity index is 1.90. The fourth-order valence-electron chi connectivity index (χ4n) is 2.51. The molecule has 1 heterocycles. The second-order valence-electron chi connectivity index (χ2n) is 5.78. The van der Waals surface area contributed by atoms with Crippen molar-refractivity contribution in [2.45, 2.75) is 45.1 Å². The monoisotopic (exact) mass is 262 g/mol. The van der Waals surface area contributed by atoms with Crippen LogP contribution in [0.1, 0.15) is 48.7 Å². The number of nitrogens with one attached hydrogen (secondary N) is 1. The van der Waals surface area contributed by atoms with E-state index >= 15 is 0 Å². The molecular formula is C15H22N2O2. The Kier molecular flexibility index (Phi) is 4.20. The summed E-state index contributed by atoms with van der Waals surface area (Å²) in [5.41, 5.74) is 0.683. The van der Waals surface area contributed by atoms with E-state index in [-0.39, 0.29) is 5.91 Å². The fourth-order valence-corrected chi connectivity index (χ4v) is 2.51. The van der Waals surface area contributed by atoms with Crippen molar-refractivity contribution in [1.29, 1.82) is 0 Å². The summed E-state index contributed by atoms with van der Waals surface area (Å²) in [5, 5.41) is 13.2. The van der Waals surface area contributed by atoms with Gasteiger partial charge in [0.2, 0.25) is 0 Å². The first-order chi connectivity index (χ1) is 8.98. The molecular weight excluding hydrogens is 240 g/mol. The molecule has 0 unspecified atom stereocenters. The lowest BCUT2D eigenvalue weighted by atomic mass is 9.79. The summed E-state index contributed by atoms with van der Waals surface area (Å²) in [6.07, 6.45) is 5.22. The minimum absolute atomic E-state index is 0.141. The van der Waals surface area contributed by atoms with Crippen LogP contribution < -0.4 is 5.32 Å². The number of pyridine rings is 1. The van der Waals surface area contributed by atoms with Gasteiger partial charge in [0.25, 0.3) is 5.91 Å². The highest BCUT2D eigenvalue weighted by atomic mass is 16.3. The number of carbonyl (C=O) groups excluding carboxylic acids is 1. The third-order valence-electron chi connectivity index (χ3n) is 3.94. The summed E-state index contributed by atoms with van der Waals surface area (Å²) in [6.45, 7) is 4.39. The minimum Gasteiger partial charge on any atom is -0.388 e. The summed E-state index contributed by atoms with van der Waals surface area (Å²) < 4.78 is 0. The van der Waals surface area contributed by atoms with Crippen molar-refractivity contribution in [3.05, 3.63) is 29.6 Å². The van der Waals surface area contributed by atoms with Crippen LogP contribution in [0.2, 0.25) is 0 Å². The van der Waals surface area contributed by atoms with Crippen molar-refractivity contribution in [2.75, 3.05) is 6.54 Å². The van der Waals surface area contributed by atoms with Crippen LogP contribution in [0.3, 0.4) is 0 Å². The zero-order valence-corrected chi connectivity index (χ0v) is 11.6. The SMILES string of the molecule is Cc1cc(C(=O)NCC2(O)CCC(C)CC2)ccn1. The summed E-state index contributed by atoms with van der Waals surface area (Å²) in [5.74, 6) is 0.538. The molecule has 1 amide bonds. The highest BCUT2D eigenvalue weighted by Gasteiger charge is 2.32. The number of aromatic nitrogens is 1. The molecule has 1 aromatic heterocycles. The number of rotatable bonds is 3. The average Bonchev–Trinajstić information content (AvgIpc) is 2.40. The first-order valence-electron chi connectivity index (χ1n) is 6.92. The van der Waals surface area contributed by atoms with Gasteiger partial charge < -0.3 is 10.4 Å². The number of carbonyl (C=O) groups is 1. The molecule has 2 N–H and O–H groups in total. The second kappa shape index (κ2) is 5.70. The summed E-state index contributed by atoms with van der Waals surface area (Å²) >= 11 is 0. The highest BCUT2D eigenvalue weighted by molar-refractivity contribution is 5.94. The number of nitrogens with zero attached hydrogens (tertiary/aromatic N) is 1. The Morgan fingerprint density at radius 2 is 2.21 bits per heavy atom. The van der Waals surface area contributed by atoms with Crippen molar-refractivity contribution in [3.8, 4) is 0 Å². The maximum atomic E-state index is 12.0. The van der Waals surface area contributed by atoms with Gasteiger partial charge in [-0.05, 0) is 50.7 Å². The smallest absolute Gasteiger partial charge is 0.251 e. The molecule has 104 valence electrons. The van der Waals surface area contributed by atoms with Gasteiger partial charge in [0, 0.05) is 24.0 Å². The van der Waals surface area contributed by atoms with Gasteiger partial charge >= 0.3 is 0 Å². The standard InChI is InChI=1S/C15H22N2O2/c1-11-3-6-15(19,7-4-11)10-17-14(18)13-5-8-16-12(2)9-13/h5,8-9,11,19H,3-4,6-7,10H2,1-2H3,(H,17,18). The Hall–Kier alpha value is -1.42. The zero-order chi connectivity index (χ0) is 13.9. The van der Waals surface area contributed by atoms with E-state index in [1.807, 2.05) is 6.92 Å². The number of aliphatic hydroxyl groups is 1. The lowest BCUT2D eigenvalue weighted by molar-refractivity contribution is -0.00539. The van der Waals surface area contributed by atoms with E-state index in [0.29, 0.717) is 18.0 Å². The van der Waals surface area contributed by atoms with Crippen molar-refractivity contribution in [2.24, 2.45) is 5.92 Å². The molecule has 0 saturated heterocycles. The molecule has 1 aliphatic rings. The molecule has 1 fully saturated rings. The molecule has 4 heteroatoms. The largest absolute Gasteiger partial charge is 0.388 e.